The van der Waals surface area contributed by atoms with Gasteiger partial charge in [0.25, 0.3) is 0 Å². The van der Waals surface area contributed by atoms with Crippen LogP contribution in [-0.4, -0.2) is 80.9 Å². The zero-order valence-corrected chi connectivity index (χ0v) is 25.9. The Balaban J connectivity index is 1.11. The van der Waals surface area contributed by atoms with Gasteiger partial charge in [-0.25, -0.2) is 14.8 Å². The van der Waals surface area contributed by atoms with Crippen LogP contribution in [0.2, 0.25) is 0 Å². The van der Waals surface area contributed by atoms with E-state index in [1.54, 1.807) is 24.0 Å². The van der Waals surface area contributed by atoms with Crippen molar-refractivity contribution in [2.45, 2.75) is 50.5 Å². The fourth-order valence-electron chi connectivity index (χ4n) is 6.18. The van der Waals surface area contributed by atoms with Crippen molar-refractivity contribution in [2.75, 3.05) is 49.2 Å². The lowest BCUT2D eigenvalue weighted by molar-refractivity contribution is -0.138. The Morgan fingerprint density at radius 1 is 1.02 bits per heavy atom. The summed E-state index contributed by atoms with van der Waals surface area (Å²) in [4.78, 5) is 26.1. The number of anilines is 3. The summed E-state index contributed by atoms with van der Waals surface area (Å²) in [7, 11) is 3.74. The van der Waals surface area contributed by atoms with E-state index in [9.17, 15) is 18.0 Å². The molecular formula is C32H39F3N10O. The first-order valence-electron chi connectivity index (χ1n) is 15.5. The number of alkyl halides is 3. The van der Waals surface area contributed by atoms with Gasteiger partial charge in [0.1, 0.15) is 0 Å². The predicted molar refractivity (Wildman–Crippen MR) is 172 cm³/mol. The van der Waals surface area contributed by atoms with Gasteiger partial charge in [-0.3, -0.25) is 14.9 Å². The average molecular weight is 637 g/mol. The van der Waals surface area contributed by atoms with Crippen LogP contribution in [-0.2, 0) is 19.8 Å². The van der Waals surface area contributed by atoms with Crippen molar-refractivity contribution in [1.29, 1.82) is 0 Å². The number of urea groups is 1. The molecule has 1 aliphatic heterocycles. The van der Waals surface area contributed by atoms with Crippen LogP contribution in [0.15, 0.2) is 48.7 Å². The number of nitrogens with two attached hydrogens (primary N) is 1. The first-order chi connectivity index (χ1) is 22.0. The van der Waals surface area contributed by atoms with Crippen LogP contribution < -0.4 is 21.7 Å². The second kappa shape index (κ2) is 13.2. The van der Waals surface area contributed by atoms with Crippen LogP contribution in [0, 0.1) is 0 Å². The number of fused-ring (bicyclic) bond motifs is 1. The molecule has 2 atom stereocenters. The van der Waals surface area contributed by atoms with Crippen molar-refractivity contribution in [3.05, 3.63) is 59.8 Å². The van der Waals surface area contributed by atoms with E-state index in [0.717, 1.165) is 67.0 Å². The molecule has 2 fully saturated rings. The molecule has 1 saturated heterocycles. The lowest BCUT2D eigenvalue weighted by atomic mass is 9.92. The smallest absolute Gasteiger partial charge is 0.351 e. The molecule has 46 heavy (non-hydrogen) atoms. The van der Waals surface area contributed by atoms with Gasteiger partial charge in [-0.2, -0.15) is 18.3 Å². The van der Waals surface area contributed by atoms with Crippen molar-refractivity contribution in [3.8, 4) is 11.3 Å². The Hall–Kier alpha value is -4.27. The van der Waals surface area contributed by atoms with E-state index in [2.05, 4.69) is 35.9 Å². The van der Waals surface area contributed by atoms with Gasteiger partial charge in [0.05, 0.1) is 16.8 Å². The quantitative estimate of drug-likeness (QED) is 0.220. The van der Waals surface area contributed by atoms with E-state index in [1.807, 2.05) is 30.1 Å². The summed E-state index contributed by atoms with van der Waals surface area (Å²) in [6.07, 6.45) is 1.28. The Labute approximate surface area is 265 Å². The highest BCUT2D eigenvalue weighted by molar-refractivity contribution is 5.99. The van der Waals surface area contributed by atoms with Gasteiger partial charge in [-0.15, -0.1) is 0 Å². The minimum atomic E-state index is -4.56. The van der Waals surface area contributed by atoms with Crippen LogP contribution in [0.1, 0.15) is 36.8 Å². The molecule has 0 unspecified atom stereocenters. The van der Waals surface area contributed by atoms with E-state index in [1.165, 1.54) is 12.1 Å². The first kappa shape index (κ1) is 31.7. The van der Waals surface area contributed by atoms with Crippen LogP contribution in [0.3, 0.4) is 0 Å². The SMILES string of the molecule is CN1CCN(Cc2ccc(NC(=O)Nc3cc(-c4ccc5nc(N[C@@H]6CCC[C@@H](N)C6)ncc5c4)n(C)n3)cc2C(F)(F)F)CC1. The van der Waals surface area contributed by atoms with Gasteiger partial charge in [0.2, 0.25) is 5.95 Å². The van der Waals surface area contributed by atoms with E-state index >= 15 is 0 Å². The Kier molecular flexibility index (Phi) is 9.11. The summed E-state index contributed by atoms with van der Waals surface area (Å²) in [6, 6.07) is 11.1. The van der Waals surface area contributed by atoms with Gasteiger partial charge in [-0.05, 0) is 62.6 Å². The Bertz CT molecular complexity index is 1700. The predicted octanol–water partition coefficient (Wildman–Crippen LogP) is 5.12. The topological polar surface area (TPSA) is 129 Å². The van der Waals surface area contributed by atoms with Crippen molar-refractivity contribution >= 4 is 34.4 Å². The molecule has 4 aromatic rings. The third-order valence-corrected chi connectivity index (χ3v) is 8.71. The molecule has 2 aliphatic rings. The fourth-order valence-corrected chi connectivity index (χ4v) is 6.18. The largest absolute Gasteiger partial charge is 0.416 e. The average Bonchev–Trinajstić information content (AvgIpc) is 3.37. The van der Waals surface area contributed by atoms with Gasteiger partial charge >= 0.3 is 12.2 Å². The lowest BCUT2D eigenvalue weighted by Gasteiger charge is -2.33. The molecule has 2 aromatic heterocycles. The van der Waals surface area contributed by atoms with Crippen LogP contribution in [0.5, 0.6) is 0 Å². The molecule has 11 nitrogen and oxygen atoms in total. The molecule has 0 spiro atoms. The normalized spacial score (nSPS) is 19.7. The summed E-state index contributed by atoms with van der Waals surface area (Å²) in [5, 5.41) is 13.8. The van der Waals surface area contributed by atoms with Crippen molar-refractivity contribution in [1.82, 2.24) is 29.5 Å². The molecule has 244 valence electrons. The van der Waals surface area contributed by atoms with Gasteiger partial charge in [-0.1, -0.05) is 12.1 Å². The third-order valence-electron chi connectivity index (χ3n) is 8.71. The van der Waals surface area contributed by atoms with Crippen LogP contribution in [0.25, 0.3) is 22.2 Å². The summed E-state index contributed by atoms with van der Waals surface area (Å²) >= 11 is 0. The summed E-state index contributed by atoms with van der Waals surface area (Å²) in [6.45, 7) is 3.20. The number of halogens is 3. The minimum absolute atomic E-state index is 0.0397. The number of hydrogen-bond donors (Lipinski definition) is 4. The Morgan fingerprint density at radius 3 is 2.59 bits per heavy atom. The number of nitrogens with one attached hydrogen (secondary N) is 3. The molecule has 5 N–H and O–H groups in total. The number of carbonyl (C=O) groups is 1. The summed E-state index contributed by atoms with van der Waals surface area (Å²) in [5.41, 5.74) is 7.93. The molecule has 6 rings (SSSR count). The van der Waals surface area contributed by atoms with Gasteiger partial charge < -0.3 is 21.3 Å². The molecule has 2 amide bonds. The van der Waals surface area contributed by atoms with Crippen LogP contribution >= 0.6 is 0 Å². The molecule has 1 aliphatic carbocycles. The summed E-state index contributed by atoms with van der Waals surface area (Å²) in [5.74, 6) is 0.823. The number of carbonyl (C=O) groups excluding carboxylic acids is 1. The second-order valence-electron chi connectivity index (χ2n) is 12.3. The number of rotatable bonds is 7. The molecule has 0 bridgehead atoms. The zero-order chi connectivity index (χ0) is 32.4. The third kappa shape index (κ3) is 7.57. The highest BCUT2D eigenvalue weighted by atomic mass is 19.4. The monoisotopic (exact) mass is 636 g/mol. The number of amides is 2. The number of aromatic nitrogens is 4. The number of aryl methyl sites for hydroxylation is 1. The molecule has 1 saturated carbocycles. The molecule has 0 radical (unpaired) electrons. The van der Waals surface area contributed by atoms with Crippen LogP contribution in [0.4, 0.5) is 35.4 Å². The second-order valence-corrected chi connectivity index (χ2v) is 12.3. The first-order valence-corrected chi connectivity index (χ1v) is 15.5. The van der Waals surface area contributed by atoms with Gasteiger partial charge in [0.15, 0.2) is 5.82 Å². The number of nitrogens with zero attached hydrogens (tertiary/aromatic N) is 6. The number of piperazine rings is 1. The van der Waals surface area contributed by atoms with E-state index in [4.69, 9.17) is 5.73 Å². The van der Waals surface area contributed by atoms with Crippen molar-refractivity contribution in [3.63, 3.8) is 0 Å². The van der Waals surface area contributed by atoms with E-state index in [0.29, 0.717) is 19.0 Å². The standard InChI is InChI=1S/C32H39F3N10O/c1-43-10-12-45(13-11-43)19-21-6-8-25(16-26(21)32(33,34)35)39-31(46)41-29-17-28(44(2)42-29)20-7-9-27-22(14-20)18-37-30(40-27)38-24-5-3-4-23(36)15-24/h6-9,14,16-18,23-24H,3-5,10-13,15,19,36H2,1-2H3,(H,37,38,40)(H2,39,41,42,46)/t23-,24-/m1/s1. The molecular weight excluding hydrogens is 597 g/mol. The Morgan fingerprint density at radius 2 is 1.83 bits per heavy atom. The maximum Gasteiger partial charge on any atom is 0.416 e. The minimum Gasteiger partial charge on any atom is -0.351 e. The molecule has 2 aromatic carbocycles. The summed E-state index contributed by atoms with van der Waals surface area (Å²) < 4.78 is 43.6. The van der Waals surface area contributed by atoms with Crippen molar-refractivity contribution in [2.24, 2.45) is 12.8 Å². The van der Waals surface area contributed by atoms with E-state index < -0.39 is 17.8 Å². The maximum atomic E-state index is 14.0. The number of benzene rings is 2. The van der Waals surface area contributed by atoms with Gasteiger partial charge in [0, 0.05) is 80.8 Å². The molecule has 14 heteroatoms. The highest BCUT2D eigenvalue weighted by Crippen LogP contribution is 2.35. The highest BCUT2D eigenvalue weighted by Gasteiger charge is 2.34. The van der Waals surface area contributed by atoms with E-state index in [-0.39, 0.29) is 35.7 Å². The molecule has 3 heterocycles. The van der Waals surface area contributed by atoms with Crippen molar-refractivity contribution < 1.29 is 18.0 Å². The fraction of sp³-hybridized carbons (Fsp3) is 0.438. The number of hydrogen-bond acceptors (Lipinski definition) is 8. The lowest BCUT2D eigenvalue weighted by Crippen LogP contribution is -2.44. The zero-order valence-electron chi connectivity index (χ0n) is 25.9. The number of likely N-dealkylation sites (N-methyl/N-ethyl adjacent to an activating group) is 1. The maximum absolute atomic E-state index is 14.0.